The van der Waals surface area contributed by atoms with E-state index in [1.165, 1.54) is 24.4 Å². The zero-order chi connectivity index (χ0) is 16.9. The van der Waals surface area contributed by atoms with E-state index in [1.54, 1.807) is 24.3 Å². The van der Waals surface area contributed by atoms with Gasteiger partial charge in [-0.15, -0.1) is 0 Å². The third-order valence-corrected chi connectivity index (χ3v) is 3.14. The number of alkyl halides is 2. The molecular formula is C16H12F2N2O4. The maximum absolute atomic E-state index is 12.3. The molecule has 1 aliphatic heterocycles. The number of halogens is 2. The van der Waals surface area contributed by atoms with Crippen molar-refractivity contribution in [2.24, 2.45) is 5.10 Å². The Morgan fingerprint density at radius 3 is 2.83 bits per heavy atom. The van der Waals surface area contributed by atoms with Gasteiger partial charge in [-0.25, -0.2) is 5.43 Å². The summed E-state index contributed by atoms with van der Waals surface area (Å²) in [6.45, 7) is -2.83. The Kier molecular flexibility index (Phi) is 4.55. The minimum absolute atomic E-state index is 0.0337. The largest absolute Gasteiger partial charge is 0.454 e. The van der Waals surface area contributed by atoms with Crippen LogP contribution in [-0.4, -0.2) is 25.5 Å². The summed E-state index contributed by atoms with van der Waals surface area (Å²) in [5.41, 5.74) is 2.95. The fourth-order valence-electron chi connectivity index (χ4n) is 2.05. The highest BCUT2D eigenvalue weighted by molar-refractivity contribution is 5.95. The van der Waals surface area contributed by atoms with Crippen molar-refractivity contribution in [3.63, 3.8) is 0 Å². The Bertz CT molecular complexity index is 780. The van der Waals surface area contributed by atoms with Crippen LogP contribution >= 0.6 is 0 Å². The lowest BCUT2D eigenvalue weighted by molar-refractivity contribution is -0.0499. The molecule has 0 saturated carbocycles. The van der Waals surface area contributed by atoms with Gasteiger partial charge in [0.25, 0.3) is 5.91 Å². The van der Waals surface area contributed by atoms with Crippen molar-refractivity contribution >= 4 is 12.1 Å². The minimum Gasteiger partial charge on any atom is -0.454 e. The van der Waals surface area contributed by atoms with E-state index in [0.29, 0.717) is 22.6 Å². The second kappa shape index (κ2) is 6.95. The number of hydrogen-bond acceptors (Lipinski definition) is 5. The summed E-state index contributed by atoms with van der Waals surface area (Å²) in [4.78, 5) is 12.0. The summed E-state index contributed by atoms with van der Waals surface area (Å²) < 4.78 is 39.4. The fourth-order valence-corrected chi connectivity index (χ4v) is 2.05. The SMILES string of the molecule is O=C(N/N=C/c1ccccc1OC(F)F)c1ccc2c(c1)OCO2. The van der Waals surface area contributed by atoms with Crippen LogP contribution in [0.1, 0.15) is 15.9 Å². The van der Waals surface area contributed by atoms with Gasteiger partial charge in [-0.05, 0) is 30.3 Å². The zero-order valence-corrected chi connectivity index (χ0v) is 12.2. The molecule has 6 nitrogen and oxygen atoms in total. The first-order valence-electron chi connectivity index (χ1n) is 6.90. The molecule has 1 N–H and O–H groups in total. The number of benzene rings is 2. The number of para-hydroxylation sites is 1. The Labute approximate surface area is 135 Å². The monoisotopic (exact) mass is 334 g/mol. The summed E-state index contributed by atoms with van der Waals surface area (Å²) in [5, 5.41) is 3.76. The second-order valence-corrected chi connectivity index (χ2v) is 4.68. The molecule has 0 fully saturated rings. The van der Waals surface area contributed by atoms with Gasteiger partial charge in [-0.1, -0.05) is 12.1 Å². The number of amides is 1. The molecule has 3 rings (SSSR count). The number of ether oxygens (including phenoxy) is 3. The number of hydrazone groups is 1. The standard InChI is InChI=1S/C16H12F2N2O4/c17-16(18)24-12-4-2-1-3-11(12)8-19-20-15(21)10-5-6-13-14(7-10)23-9-22-13/h1-8,16H,9H2,(H,20,21)/b19-8+. The average Bonchev–Trinajstić information content (AvgIpc) is 3.03. The molecule has 0 unspecified atom stereocenters. The molecule has 0 aromatic heterocycles. The molecule has 2 aromatic rings. The zero-order valence-electron chi connectivity index (χ0n) is 12.2. The quantitative estimate of drug-likeness (QED) is 0.674. The van der Waals surface area contributed by atoms with E-state index in [-0.39, 0.29) is 12.5 Å². The van der Waals surface area contributed by atoms with Gasteiger partial charge in [0, 0.05) is 11.1 Å². The third kappa shape index (κ3) is 3.60. The normalized spacial score (nSPS) is 12.6. The van der Waals surface area contributed by atoms with Crippen LogP contribution in [0.15, 0.2) is 47.6 Å². The van der Waals surface area contributed by atoms with Crippen LogP contribution in [0.25, 0.3) is 0 Å². The molecule has 0 saturated heterocycles. The maximum Gasteiger partial charge on any atom is 0.387 e. The van der Waals surface area contributed by atoms with Gasteiger partial charge in [0.15, 0.2) is 11.5 Å². The number of fused-ring (bicyclic) bond motifs is 1. The smallest absolute Gasteiger partial charge is 0.387 e. The van der Waals surface area contributed by atoms with Gasteiger partial charge in [-0.2, -0.15) is 13.9 Å². The lowest BCUT2D eigenvalue weighted by atomic mass is 10.2. The van der Waals surface area contributed by atoms with E-state index in [9.17, 15) is 13.6 Å². The summed E-state index contributed by atoms with van der Waals surface area (Å²) in [5.74, 6) is 0.529. The first-order valence-corrected chi connectivity index (χ1v) is 6.90. The number of rotatable bonds is 5. The summed E-state index contributed by atoms with van der Waals surface area (Å²) in [6, 6.07) is 10.8. The highest BCUT2D eigenvalue weighted by Gasteiger charge is 2.16. The molecule has 0 atom stereocenters. The second-order valence-electron chi connectivity index (χ2n) is 4.68. The lowest BCUT2D eigenvalue weighted by Gasteiger charge is -2.07. The first kappa shape index (κ1) is 15.7. The van der Waals surface area contributed by atoms with Crippen LogP contribution in [0, 0.1) is 0 Å². The van der Waals surface area contributed by atoms with Gasteiger partial charge in [-0.3, -0.25) is 4.79 Å². The van der Waals surface area contributed by atoms with Gasteiger partial charge >= 0.3 is 6.61 Å². The van der Waals surface area contributed by atoms with Crippen molar-refractivity contribution in [2.75, 3.05) is 6.79 Å². The summed E-state index contributed by atoms with van der Waals surface area (Å²) >= 11 is 0. The maximum atomic E-state index is 12.3. The molecule has 1 aliphatic rings. The van der Waals surface area contributed by atoms with Crippen LogP contribution in [0.2, 0.25) is 0 Å². The van der Waals surface area contributed by atoms with Crippen molar-refractivity contribution in [3.8, 4) is 17.2 Å². The fraction of sp³-hybridized carbons (Fsp3) is 0.125. The first-order chi connectivity index (χ1) is 11.6. The molecular weight excluding hydrogens is 322 g/mol. The Hall–Kier alpha value is -3.16. The molecule has 2 aromatic carbocycles. The van der Waals surface area contributed by atoms with E-state index >= 15 is 0 Å². The van der Waals surface area contributed by atoms with Crippen LogP contribution in [0.4, 0.5) is 8.78 Å². The molecule has 1 amide bonds. The van der Waals surface area contributed by atoms with Crippen LogP contribution in [0.3, 0.4) is 0 Å². The highest BCUT2D eigenvalue weighted by atomic mass is 19.3. The molecule has 8 heteroatoms. The van der Waals surface area contributed by atoms with Gasteiger partial charge < -0.3 is 14.2 Å². The summed E-state index contributed by atoms with van der Waals surface area (Å²) in [7, 11) is 0. The Morgan fingerprint density at radius 2 is 2.00 bits per heavy atom. The van der Waals surface area contributed by atoms with Gasteiger partial charge in [0.05, 0.1) is 6.21 Å². The van der Waals surface area contributed by atoms with Crippen molar-refractivity contribution in [2.45, 2.75) is 6.61 Å². The molecule has 0 aliphatic carbocycles. The van der Waals surface area contributed by atoms with Gasteiger partial charge in [0.2, 0.25) is 6.79 Å². The molecule has 0 spiro atoms. The van der Waals surface area contributed by atoms with Crippen molar-refractivity contribution in [3.05, 3.63) is 53.6 Å². The van der Waals surface area contributed by atoms with Crippen molar-refractivity contribution in [1.82, 2.24) is 5.43 Å². The summed E-state index contributed by atoms with van der Waals surface area (Å²) in [6.07, 6.45) is 1.22. The van der Waals surface area contributed by atoms with E-state index in [1.807, 2.05) is 0 Å². The number of hydrogen-bond donors (Lipinski definition) is 1. The number of nitrogens with zero attached hydrogens (tertiary/aromatic N) is 1. The minimum atomic E-state index is -2.94. The molecule has 0 bridgehead atoms. The number of carbonyl (C=O) groups excluding carboxylic acids is 1. The predicted octanol–water partition coefficient (Wildman–Crippen LogP) is 2.78. The van der Waals surface area contributed by atoms with E-state index in [4.69, 9.17) is 9.47 Å². The molecule has 1 heterocycles. The highest BCUT2D eigenvalue weighted by Crippen LogP contribution is 2.32. The Morgan fingerprint density at radius 1 is 1.21 bits per heavy atom. The molecule has 0 radical (unpaired) electrons. The third-order valence-electron chi connectivity index (χ3n) is 3.14. The van der Waals surface area contributed by atoms with Crippen LogP contribution < -0.4 is 19.6 Å². The molecule has 124 valence electrons. The van der Waals surface area contributed by atoms with Crippen LogP contribution in [-0.2, 0) is 0 Å². The molecule has 24 heavy (non-hydrogen) atoms. The predicted molar refractivity (Wildman–Crippen MR) is 80.7 cm³/mol. The topological polar surface area (TPSA) is 69.2 Å². The van der Waals surface area contributed by atoms with E-state index in [2.05, 4.69) is 15.3 Å². The Balaban J connectivity index is 1.67. The van der Waals surface area contributed by atoms with Gasteiger partial charge in [0.1, 0.15) is 5.75 Å². The van der Waals surface area contributed by atoms with Crippen LogP contribution in [0.5, 0.6) is 17.2 Å². The van der Waals surface area contributed by atoms with Crippen molar-refractivity contribution < 1.29 is 27.8 Å². The van der Waals surface area contributed by atoms with E-state index < -0.39 is 12.5 Å². The number of carbonyl (C=O) groups is 1. The van der Waals surface area contributed by atoms with Crippen molar-refractivity contribution in [1.29, 1.82) is 0 Å². The lowest BCUT2D eigenvalue weighted by Crippen LogP contribution is -2.17. The number of nitrogens with one attached hydrogen (secondary N) is 1. The van der Waals surface area contributed by atoms with E-state index in [0.717, 1.165) is 0 Å². The average molecular weight is 334 g/mol.